The van der Waals surface area contributed by atoms with E-state index in [2.05, 4.69) is 4.98 Å². The van der Waals surface area contributed by atoms with Crippen LogP contribution in [-0.2, 0) is 19.6 Å². The van der Waals surface area contributed by atoms with Gasteiger partial charge in [-0.15, -0.1) is 0 Å². The Morgan fingerprint density at radius 3 is 2.52 bits per heavy atom. The van der Waals surface area contributed by atoms with Gasteiger partial charge < -0.3 is 9.30 Å². The van der Waals surface area contributed by atoms with Crippen molar-refractivity contribution in [2.75, 3.05) is 0 Å². The molecule has 0 aliphatic rings. The van der Waals surface area contributed by atoms with Gasteiger partial charge in [0.2, 0.25) is 5.88 Å². The molecule has 1 aromatic carbocycles. The number of aryl methyl sites for hydroxylation is 3. The summed E-state index contributed by atoms with van der Waals surface area (Å²) in [4.78, 5) is 22.3. The number of aromatic nitrogens is 4. The molecule has 0 saturated heterocycles. The lowest BCUT2D eigenvalue weighted by molar-refractivity contribution is 0.295. The fourth-order valence-corrected chi connectivity index (χ4v) is 3.47. The minimum absolute atomic E-state index is 0.0329. The molecule has 4 rings (SSSR count). The normalized spacial score (nSPS) is 11.4. The van der Waals surface area contributed by atoms with Crippen LogP contribution in [0.2, 0.25) is 0 Å². The van der Waals surface area contributed by atoms with Gasteiger partial charge in [0.1, 0.15) is 17.9 Å². The van der Waals surface area contributed by atoms with Crippen LogP contribution in [0.4, 0.5) is 0 Å². The second-order valence-corrected chi connectivity index (χ2v) is 6.47. The Hall–Kier alpha value is -3.15. The number of hydrogen-bond donors (Lipinski definition) is 0. The number of ether oxygens (including phenoxy) is 1. The quantitative estimate of drug-likeness (QED) is 0.545. The van der Waals surface area contributed by atoms with Crippen molar-refractivity contribution in [2.24, 2.45) is 0 Å². The molecule has 0 amide bonds. The highest BCUT2D eigenvalue weighted by atomic mass is 16.5. The van der Waals surface area contributed by atoms with E-state index in [4.69, 9.17) is 9.72 Å². The zero-order valence-corrected chi connectivity index (χ0v) is 15.8. The molecule has 0 unspecified atom stereocenters. The third kappa shape index (κ3) is 2.87. The number of benzene rings is 1. The molecule has 0 N–H and O–H groups in total. The number of imidazole rings is 1. The first-order valence-corrected chi connectivity index (χ1v) is 9.22. The Morgan fingerprint density at radius 1 is 1.04 bits per heavy atom. The van der Waals surface area contributed by atoms with E-state index >= 15 is 0 Å². The third-order valence-electron chi connectivity index (χ3n) is 4.76. The van der Waals surface area contributed by atoms with Gasteiger partial charge in [0.15, 0.2) is 5.65 Å². The van der Waals surface area contributed by atoms with Crippen molar-refractivity contribution in [3.63, 3.8) is 0 Å². The van der Waals surface area contributed by atoms with Crippen LogP contribution in [-0.4, -0.2) is 18.9 Å². The fraction of sp³-hybridized carbons (Fsp3) is 0.286. The minimum Gasteiger partial charge on any atom is -0.473 e. The zero-order chi connectivity index (χ0) is 19.0. The maximum Gasteiger partial charge on any atom is 0.277 e. The van der Waals surface area contributed by atoms with Crippen LogP contribution < -0.4 is 10.3 Å². The van der Waals surface area contributed by atoms with Gasteiger partial charge in [0.05, 0.1) is 11.2 Å². The van der Waals surface area contributed by atoms with E-state index in [0.29, 0.717) is 30.2 Å². The van der Waals surface area contributed by atoms with Crippen LogP contribution in [0.25, 0.3) is 16.7 Å². The monoisotopic (exact) mass is 362 g/mol. The number of hydrogen-bond acceptors (Lipinski definition) is 4. The Kier molecular flexibility index (Phi) is 4.39. The molecule has 0 aliphatic carbocycles. The summed E-state index contributed by atoms with van der Waals surface area (Å²) in [5.74, 6) is 1.36. The Balaban J connectivity index is 1.90. The van der Waals surface area contributed by atoms with Gasteiger partial charge >= 0.3 is 0 Å². The van der Waals surface area contributed by atoms with Crippen molar-refractivity contribution in [2.45, 2.75) is 40.3 Å². The topological polar surface area (TPSA) is 61.4 Å². The molecule has 0 radical (unpaired) electrons. The summed E-state index contributed by atoms with van der Waals surface area (Å²) in [6.45, 7) is 6.88. The molecule has 27 heavy (non-hydrogen) atoms. The Morgan fingerprint density at radius 2 is 1.81 bits per heavy atom. The van der Waals surface area contributed by atoms with Crippen LogP contribution in [0.5, 0.6) is 5.88 Å². The molecule has 3 heterocycles. The predicted octanol–water partition coefficient (Wildman–Crippen LogP) is 3.51. The first kappa shape index (κ1) is 17.3. The first-order valence-electron chi connectivity index (χ1n) is 9.22. The summed E-state index contributed by atoms with van der Waals surface area (Å²) >= 11 is 0. The van der Waals surface area contributed by atoms with Crippen molar-refractivity contribution in [1.82, 2.24) is 18.9 Å². The van der Waals surface area contributed by atoms with E-state index in [1.54, 1.807) is 4.57 Å². The maximum atomic E-state index is 13.0. The number of rotatable bonds is 5. The molecule has 138 valence electrons. The lowest BCUT2D eigenvalue weighted by Crippen LogP contribution is -2.23. The Labute approximate surface area is 157 Å². The lowest BCUT2D eigenvalue weighted by Gasteiger charge is -2.13. The Bertz CT molecular complexity index is 1180. The molecule has 6 heteroatoms. The standard InChI is InChI=1S/C21H22N4O2/c1-4-17-22-14(3)19-21(26)24(5-2)16-11-12-18(23-20(16)25(17)19)27-13-15-9-7-6-8-10-15/h6-12H,4-5,13H2,1-3H3. The largest absolute Gasteiger partial charge is 0.473 e. The van der Waals surface area contributed by atoms with Gasteiger partial charge in [0.25, 0.3) is 5.56 Å². The third-order valence-corrected chi connectivity index (χ3v) is 4.76. The van der Waals surface area contributed by atoms with E-state index in [1.165, 1.54) is 0 Å². The van der Waals surface area contributed by atoms with Gasteiger partial charge in [-0.3, -0.25) is 9.20 Å². The summed E-state index contributed by atoms with van der Waals surface area (Å²) in [7, 11) is 0. The summed E-state index contributed by atoms with van der Waals surface area (Å²) in [6.07, 6.45) is 0.719. The van der Waals surface area contributed by atoms with E-state index < -0.39 is 0 Å². The molecule has 0 aliphatic heterocycles. The summed E-state index contributed by atoms with van der Waals surface area (Å²) < 4.78 is 9.53. The second-order valence-electron chi connectivity index (χ2n) is 6.47. The number of nitrogens with zero attached hydrogens (tertiary/aromatic N) is 4. The number of pyridine rings is 1. The molecule has 0 fully saturated rings. The summed E-state index contributed by atoms with van der Waals surface area (Å²) in [5.41, 5.74) is 3.86. The molecule has 0 saturated carbocycles. The van der Waals surface area contributed by atoms with Crippen molar-refractivity contribution in [3.8, 4) is 5.88 Å². The zero-order valence-electron chi connectivity index (χ0n) is 15.8. The van der Waals surface area contributed by atoms with Crippen LogP contribution in [0.3, 0.4) is 0 Å². The number of fused-ring (bicyclic) bond motifs is 3. The van der Waals surface area contributed by atoms with Gasteiger partial charge in [-0.05, 0) is 25.5 Å². The van der Waals surface area contributed by atoms with Crippen LogP contribution in [0, 0.1) is 6.92 Å². The van der Waals surface area contributed by atoms with Crippen LogP contribution >= 0.6 is 0 Å². The second kappa shape index (κ2) is 6.87. The molecule has 0 bridgehead atoms. The molecular weight excluding hydrogens is 340 g/mol. The summed E-state index contributed by atoms with van der Waals surface area (Å²) in [5, 5.41) is 0. The molecule has 4 aromatic rings. The SMILES string of the molecule is CCc1nc(C)c2c(=O)n(CC)c3ccc(OCc4ccccc4)nc3n12. The van der Waals surface area contributed by atoms with Gasteiger partial charge in [-0.1, -0.05) is 37.3 Å². The minimum atomic E-state index is -0.0329. The molecule has 0 atom stereocenters. The van der Waals surface area contributed by atoms with E-state index in [9.17, 15) is 4.79 Å². The van der Waals surface area contributed by atoms with Crippen molar-refractivity contribution in [3.05, 3.63) is 69.9 Å². The predicted molar refractivity (Wildman–Crippen MR) is 105 cm³/mol. The molecule has 0 spiro atoms. The average molecular weight is 362 g/mol. The molecular formula is C21H22N4O2. The highest BCUT2D eigenvalue weighted by Gasteiger charge is 2.18. The smallest absolute Gasteiger partial charge is 0.277 e. The van der Waals surface area contributed by atoms with Crippen LogP contribution in [0.15, 0.2) is 47.3 Å². The molecule has 6 nitrogen and oxygen atoms in total. The average Bonchev–Trinajstić information content (AvgIpc) is 3.04. The van der Waals surface area contributed by atoms with Crippen molar-refractivity contribution < 1.29 is 4.74 Å². The highest BCUT2D eigenvalue weighted by molar-refractivity contribution is 5.77. The summed E-state index contributed by atoms with van der Waals surface area (Å²) in [6, 6.07) is 13.7. The highest BCUT2D eigenvalue weighted by Crippen LogP contribution is 2.21. The fourth-order valence-electron chi connectivity index (χ4n) is 3.47. The van der Waals surface area contributed by atoms with E-state index in [-0.39, 0.29) is 5.56 Å². The van der Waals surface area contributed by atoms with Gasteiger partial charge in [-0.25, -0.2) is 4.98 Å². The van der Waals surface area contributed by atoms with E-state index in [0.717, 1.165) is 29.0 Å². The first-order chi connectivity index (χ1) is 13.1. The lowest BCUT2D eigenvalue weighted by atomic mass is 10.2. The van der Waals surface area contributed by atoms with Gasteiger partial charge in [-0.2, -0.15) is 4.98 Å². The molecule has 3 aromatic heterocycles. The van der Waals surface area contributed by atoms with Crippen LogP contribution in [0.1, 0.15) is 30.9 Å². The van der Waals surface area contributed by atoms with E-state index in [1.807, 2.05) is 67.6 Å². The van der Waals surface area contributed by atoms with Gasteiger partial charge in [0, 0.05) is 19.0 Å². The van der Waals surface area contributed by atoms with Crippen molar-refractivity contribution >= 4 is 16.7 Å². The maximum absolute atomic E-state index is 13.0. The van der Waals surface area contributed by atoms with Crippen molar-refractivity contribution in [1.29, 1.82) is 0 Å².